The molecular formula is C7H7N4O3S. The molecule has 0 aliphatic heterocycles. The zero-order valence-electron chi connectivity index (χ0n) is 7.47. The van der Waals surface area contributed by atoms with E-state index in [-0.39, 0.29) is 11.4 Å². The smallest absolute Gasteiger partial charge is 0.259 e. The predicted molar refractivity (Wildman–Crippen MR) is 53.9 cm³/mol. The van der Waals surface area contributed by atoms with Crippen molar-refractivity contribution in [2.24, 2.45) is 10.9 Å². The van der Waals surface area contributed by atoms with Crippen LogP contribution in [-0.4, -0.2) is 29.5 Å². The van der Waals surface area contributed by atoms with E-state index in [1.165, 1.54) is 11.7 Å². The van der Waals surface area contributed by atoms with Gasteiger partial charge in [0.05, 0.1) is 0 Å². The second-order valence-electron chi connectivity index (χ2n) is 2.35. The molecule has 1 amide bonds. The molecular weight excluding hydrogens is 220 g/mol. The molecule has 15 heavy (non-hydrogen) atoms. The lowest BCUT2D eigenvalue weighted by Crippen LogP contribution is -2.17. The van der Waals surface area contributed by atoms with Crippen LogP contribution in [0.3, 0.4) is 0 Å². The van der Waals surface area contributed by atoms with Crippen LogP contribution in [-0.2, 0) is 14.4 Å². The summed E-state index contributed by atoms with van der Waals surface area (Å²) in [6, 6.07) is 0. The van der Waals surface area contributed by atoms with E-state index in [4.69, 9.17) is 11.5 Å². The topological polar surface area (TPSA) is 121 Å². The Morgan fingerprint density at radius 1 is 1.73 bits per heavy atom. The van der Waals surface area contributed by atoms with Crippen LogP contribution in [0.5, 0.6) is 0 Å². The van der Waals surface area contributed by atoms with Gasteiger partial charge in [-0.25, -0.2) is 4.98 Å². The third-order valence-electron chi connectivity index (χ3n) is 1.22. The van der Waals surface area contributed by atoms with Gasteiger partial charge >= 0.3 is 0 Å². The third-order valence-corrected chi connectivity index (χ3v) is 1.90. The first-order valence-electron chi connectivity index (χ1n) is 3.71. The van der Waals surface area contributed by atoms with E-state index in [0.717, 1.165) is 11.3 Å². The van der Waals surface area contributed by atoms with Crippen LogP contribution >= 0.6 is 11.3 Å². The van der Waals surface area contributed by atoms with Crippen molar-refractivity contribution in [3.63, 3.8) is 0 Å². The molecule has 7 nitrogen and oxygen atoms in total. The molecule has 1 aromatic heterocycles. The van der Waals surface area contributed by atoms with Crippen LogP contribution in [0.2, 0.25) is 0 Å². The van der Waals surface area contributed by atoms with Gasteiger partial charge in [0.15, 0.2) is 17.5 Å². The number of hydrogen-bond acceptors (Lipinski definition) is 7. The normalized spacial score (nSPS) is 11.1. The summed E-state index contributed by atoms with van der Waals surface area (Å²) in [5.41, 5.74) is 10.2. The van der Waals surface area contributed by atoms with Gasteiger partial charge in [0.25, 0.3) is 12.2 Å². The number of oxime groups is 1. The summed E-state index contributed by atoms with van der Waals surface area (Å²) in [7, 11) is 0. The highest BCUT2D eigenvalue weighted by Crippen LogP contribution is 2.11. The number of carbonyl (C=O) groups excluding carboxylic acids is 2. The number of aromatic nitrogens is 1. The molecule has 0 spiro atoms. The van der Waals surface area contributed by atoms with E-state index in [1.807, 2.05) is 0 Å². The Labute approximate surface area is 88.7 Å². The molecule has 0 saturated heterocycles. The summed E-state index contributed by atoms with van der Waals surface area (Å²) in [6.07, 6.45) is 1.52. The summed E-state index contributed by atoms with van der Waals surface area (Å²) >= 11 is 1.15. The van der Waals surface area contributed by atoms with E-state index >= 15 is 0 Å². The molecule has 0 saturated carbocycles. The van der Waals surface area contributed by atoms with E-state index in [1.54, 1.807) is 0 Å². The van der Waals surface area contributed by atoms with Crippen LogP contribution in [0.1, 0.15) is 5.69 Å². The Balaban J connectivity index is 2.71. The number of rotatable bonds is 5. The maximum absolute atomic E-state index is 10.5. The van der Waals surface area contributed by atoms with Gasteiger partial charge in [-0.15, -0.1) is 11.3 Å². The molecule has 1 heterocycles. The van der Waals surface area contributed by atoms with Crippen LogP contribution in [0, 0.1) is 0 Å². The largest absolute Gasteiger partial charge is 0.385 e. The van der Waals surface area contributed by atoms with Crippen molar-refractivity contribution in [1.82, 2.24) is 4.98 Å². The zero-order valence-corrected chi connectivity index (χ0v) is 8.28. The molecule has 1 rings (SSSR count). The van der Waals surface area contributed by atoms with Gasteiger partial charge in [0.2, 0.25) is 0 Å². The molecule has 0 aliphatic carbocycles. The highest BCUT2D eigenvalue weighted by Gasteiger charge is 2.08. The Hall–Kier alpha value is -1.96. The highest BCUT2D eigenvalue weighted by molar-refractivity contribution is 7.13. The molecule has 79 valence electrons. The van der Waals surface area contributed by atoms with Crippen molar-refractivity contribution in [3.05, 3.63) is 11.1 Å². The summed E-state index contributed by atoms with van der Waals surface area (Å²) in [5, 5.41) is 5.16. The van der Waals surface area contributed by atoms with Crippen LogP contribution in [0.15, 0.2) is 10.5 Å². The SMILES string of the molecule is NC(=O)CON=C([C]=O)c1csc(N)n1. The molecule has 0 bridgehead atoms. The Morgan fingerprint density at radius 2 is 2.47 bits per heavy atom. The van der Waals surface area contributed by atoms with Gasteiger partial charge < -0.3 is 16.3 Å². The summed E-state index contributed by atoms with van der Waals surface area (Å²) in [5.74, 6) is -0.693. The number of carbonyl (C=O) groups is 1. The number of primary amides is 1. The fourth-order valence-electron chi connectivity index (χ4n) is 0.675. The number of nitrogens with two attached hydrogens (primary N) is 2. The second kappa shape index (κ2) is 5.05. The fraction of sp³-hybridized carbons (Fsp3) is 0.143. The lowest BCUT2D eigenvalue weighted by atomic mass is 10.3. The van der Waals surface area contributed by atoms with Crippen molar-refractivity contribution in [3.8, 4) is 0 Å². The molecule has 0 aromatic carbocycles. The van der Waals surface area contributed by atoms with Crippen LogP contribution in [0.25, 0.3) is 0 Å². The van der Waals surface area contributed by atoms with Gasteiger partial charge in [-0.3, -0.25) is 9.59 Å². The second-order valence-corrected chi connectivity index (χ2v) is 3.24. The molecule has 0 unspecified atom stereocenters. The van der Waals surface area contributed by atoms with Gasteiger partial charge in [0.1, 0.15) is 5.69 Å². The molecule has 1 radical (unpaired) electrons. The number of thiazole rings is 1. The van der Waals surface area contributed by atoms with Crippen LogP contribution in [0.4, 0.5) is 5.13 Å². The summed E-state index contributed by atoms with van der Waals surface area (Å²) in [4.78, 5) is 29.0. The maximum Gasteiger partial charge on any atom is 0.259 e. The monoisotopic (exact) mass is 227 g/mol. The van der Waals surface area contributed by atoms with E-state index < -0.39 is 12.5 Å². The molecule has 4 N–H and O–H groups in total. The van der Waals surface area contributed by atoms with Gasteiger partial charge in [-0.05, 0) is 0 Å². The quantitative estimate of drug-likeness (QED) is 0.495. The van der Waals surface area contributed by atoms with Gasteiger partial charge in [0, 0.05) is 5.38 Å². The minimum atomic E-state index is -0.693. The average Bonchev–Trinajstić information content (AvgIpc) is 2.59. The van der Waals surface area contributed by atoms with Crippen molar-refractivity contribution < 1.29 is 14.4 Å². The summed E-state index contributed by atoms with van der Waals surface area (Å²) < 4.78 is 0. The molecule has 0 fully saturated rings. The molecule has 0 atom stereocenters. The standard InChI is InChI=1S/C7H7N4O3S/c8-6(13)2-14-11-4(1-12)5-3-15-7(9)10-5/h3H,2H2,(H2,8,13)(H2,9,10). The van der Waals surface area contributed by atoms with Crippen molar-refractivity contribution in [2.75, 3.05) is 12.3 Å². The first-order chi connectivity index (χ1) is 7.13. The maximum atomic E-state index is 10.5. The molecule has 8 heteroatoms. The number of nitrogens with zero attached hydrogens (tertiary/aromatic N) is 2. The van der Waals surface area contributed by atoms with Crippen LogP contribution < -0.4 is 11.5 Å². The third kappa shape index (κ3) is 3.35. The van der Waals surface area contributed by atoms with E-state index in [9.17, 15) is 9.59 Å². The van der Waals surface area contributed by atoms with Gasteiger partial charge in [-0.1, -0.05) is 5.16 Å². The Bertz CT molecular complexity index is 401. The fourth-order valence-corrected chi connectivity index (χ4v) is 1.22. The zero-order chi connectivity index (χ0) is 11.3. The van der Waals surface area contributed by atoms with Gasteiger partial charge in [-0.2, -0.15) is 0 Å². The number of amides is 1. The Kier molecular flexibility index (Phi) is 3.75. The predicted octanol–water partition coefficient (Wildman–Crippen LogP) is -0.959. The van der Waals surface area contributed by atoms with Crippen molar-refractivity contribution >= 4 is 34.4 Å². The lowest BCUT2D eigenvalue weighted by Gasteiger charge is -1.95. The highest BCUT2D eigenvalue weighted by atomic mass is 32.1. The lowest BCUT2D eigenvalue weighted by molar-refractivity contribution is -0.122. The van der Waals surface area contributed by atoms with Crippen molar-refractivity contribution in [1.29, 1.82) is 0 Å². The average molecular weight is 227 g/mol. The van der Waals surface area contributed by atoms with Crippen molar-refractivity contribution in [2.45, 2.75) is 0 Å². The molecule has 0 aliphatic rings. The first kappa shape index (κ1) is 11.1. The number of anilines is 1. The van der Waals surface area contributed by atoms with E-state index in [0.29, 0.717) is 5.13 Å². The Morgan fingerprint density at radius 3 is 2.93 bits per heavy atom. The number of nitrogen functional groups attached to an aromatic ring is 1. The summed E-state index contributed by atoms with van der Waals surface area (Å²) in [6.45, 7) is -0.412. The van der Waals surface area contributed by atoms with E-state index in [2.05, 4.69) is 15.0 Å². The minimum Gasteiger partial charge on any atom is -0.385 e. The molecule has 1 aromatic rings. The minimum absolute atomic E-state index is 0.163. The first-order valence-corrected chi connectivity index (χ1v) is 4.59. The number of hydrogen-bond donors (Lipinski definition) is 2.